The Balaban J connectivity index is 1.98. The first kappa shape index (κ1) is 28.6. The molecule has 0 spiro atoms. The van der Waals surface area contributed by atoms with Crippen molar-refractivity contribution >= 4 is 12.1 Å². The number of amides is 1. The van der Waals surface area contributed by atoms with Gasteiger partial charge in [-0.05, 0) is 45.2 Å². The second-order valence-electron chi connectivity index (χ2n) is 10.4. The van der Waals surface area contributed by atoms with Crippen molar-refractivity contribution in [1.82, 2.24) is 9.80 Å². The van der Waals surface area contributed by atoms with Crippen LogP contribution in [0, 0.1) is 0 Å². The van der Waals surface area contributed by atoms with Crippen LogP contribution in [0.1, 0.15) is 45.2 Å². The molecule has 1 aliphatic heterocycles. The molecule has 1 saturated heterocycles. The van der Waals surface area contributed by atoms with Gasteiger partial charge in [-0.3, -0.25) is 9.80 Å². The van der Waals surface area contributed by atoms with Crippen molar-refractivity contribution < 1.29 is 28.5 Å². The molecular weight excluding hydrogens is 472 g/mol. The van der Waals surface area contributed by atoms with Crippen LogP contribution in [0.3, 0.4) is 0 Å². The molecule has 2 atom stereocenters. The predicted octanol–water partition coefficient (Wildman–Crippen LogP) is 4.62. The van der Waals surface area contributed by atoms with Gasteiger partial charge < -0.3 is 18.9 Å². The third kappa shape index (κ3) is 7.31. The van der Waals surface area contributed by atoms with E-state index < -0.39 is 35.5 Å². The zero-order valence-electron chi connectivity index (χ0n) is 22.8. The van der Waals surface area contributed by atoms with Gasteiger partial charge in [-0.2, -0.15) is 0 Å². The summed E-state index contributed by atoms with van der Waals surface area (Å²) in [5.74, 6) is -0.615. The average Bonchev–Trinajstić information content (AvgIpc) is 3.10. The van der Waals surface area contributed by atoms with E-state index in [9.17, 15) is 9.59 Å². The highest BCUT2D eigenvalue weighted by atomic mass is 16.6. The predicted molar refractivity (Wildman–Crippen MR) is 141 cm³/mol. The molecule has 1 amide bonds. The molecule has 8 nitrogen and oxygen atoms in total. The first-order valence-corrected chi connectivity index (χ1v) is 12.6. The van der Waals surface area contributed by atoms with Crippen LogP contribution in [0.5, 0.6) is 0 Å². The Kier molecular flexibility index (Phi) is 9.70. The Hall–Kier alpha value is -2.94. The molecule has 0 unspecified atom stereocenters. The number of hydrogen-bond acceptors (Lipinski definition) is 7. The first-order chi connectivity index (χ1) is 17.6. The van der Waals surface area contributed by atoms with Crippen molar-refractivity contribution in [3.05, 3.63) is 71.8 Å². The Labute approximate surface area is 220 Å². The zero-order chi connectivity index (χ0) is 27.1. The maximum Gasteiger partial charge on any atom is 0.413 e. The largest absolute Gasteiger partial charge is 0.466 e. The lowest BCUT2D eigenvalue weighted by atomic mass is 10.0. The highest BCUT2D eigenvalue weighted by molar-refractivity contribution is 5.80. The minimum Gasteiger partial charge on any atom is -0.466 e. The van der Waals surface area contributed by atoms with Gasteiger partial charge in [0.1, 0.15) is 5.72 Å². The molecule has 0 bridgehead atoms. The van der Waals surface area contributed by atoms with E-state index in [0.717, 1.165) is 11.1 Å². The van der Waals surface area contributed by atoms with Gasteiger partial charge >= 0.3 is 12.1 Å². The lowest BCUT2D eigenvalue weighted by Gasteiger charge is -2.40. The lowest BCUT2D eigenvalue weighted by molar-refractivity contribution is -0.158. The topological polar surface area (TPSA) is 77.5 Å². The fourth-order valence-corrected chi connectivity index (χ4v) is 4.93. The molecule has 202 valence electrons. The molecule has 0 radical (unpaired) electrons. The number of hydrogen-bond donors (Lipinski definition) is 0. The molecule has 1 fully saturated rings. The number of methoxy groups -OCH3 is 2. The molecule has 3 rings (SSSR count). The highest BCUT2D eigenvalue weighted by Crippen LogP contribution is 2.35. The van der Waals surface area contributed by atoms with E-state index in [1.165, 1.54) is 7.11 Å². The molecule has 1 aliphatic rings. The molecule has 0 aromatic heterocycles. The van der Waals surface area contributed by atoms with E-state index in [-0.39, 0.29) is 0 Å². The van der Waals surface area contributed by atoms with Gasteiger partial charge in [0, 0.05) is 26.8 Å². The van der Waals surface area contributed by atoms with Crippen molar-refractivity contribution in [2.45, 2.75) is 70.6 Å². The van der Waals surface area contributed by atoms with E-state index in [1.807, 2.05) is 88.4 Å². The van der Waals surface area contributed by atoms with Crippen LogP contribution in [0.25, 0.3) is 0 Å². The van der Waals surface area contributed by atoms with Crippen LogP contribution in [-0.2, 0) is 36.8 Å². The van der Waals surface area contributed by atoms with Crippen LogP contribution in [0.2, 0.25) is 0 Å². The summed E-state index contributed by atoms with van der Waals surface area (Å²) < 4.78 is 22.4. The van der Waals surface area contributed by atoms with Gasteiger partial charge in [-0.25, -0.2) is 9.59 Å². The van der Waals surface area contributed by atoms with Crippen LogP contribution < -0.4 is 0 Å². The second-order valence-corrected chi connectivity index (χ2v) is 10.4. The summed E-state index contributed by atoms with van der Waals surface area (Å²) in [5, 5.41) is 0. The molecule has 37 heavy (non-hydrogen) atoms. The molecule has 1 heterocycles. The van der Waals surface area contributed by atoms with E-state index >= 15 is 0 Å². The minimum atomic E-state index is -1.17. The maximum atomic E-state index is 13.6. The molecule has 0 aliphatic carbocycles. The smallest absolute Gasteiger partial charge is 0.413 e. The Bertz CT molecular complexity index is 954. The van der Waals surface area contributed by atoms with Crippen LogP contribution >= 0.6 is 0 Å². The molecular formula is C29H40N2O6. The Morgan fingerprint density at radius 1 is 0.946 bits per heavy atom. The fraction of sp³-hybridized carbons (Fsp3) is 0.517. The lowest BCUT2D eigenvalue weighted by Crippen LogP contribution is -2.56. The second kappa shape index (κ2) is 12.5. The number of carbonyl (C=O) groups is 2. The Morgan fingerprint density at radius 3 is 1.92 bits per heavy atom. The van der Waals surface area contributed by atoms with Gasteiger partial charge in [0.15, 0.2) is 0 Å². The van der Waals surface area contributed by atoms with Crippen LogP contribution in [0.15, 0.2) is 60.7 Å². The van der Waals surface area contributed by atoms with Crippen molar-refractivity contribution in [3.8, 4) is 0 Å². The first-order valence-electron chi connectivity index (χ1n) is 12.6. The van der Waals surface area contributed by atoms with Crippen molar-refractivity contribution in [3.63, 3.8) is 0 Å². The summed E-state index contributed by atoms with van der Waals surface area (Å²) in [6, 6.07) is 19.5. The normalized spacial score (nSPS) is 17.9. The Morgan fingerprint density at radius 2 is 1.49 bits per heavy atom. The maximum absolute atomic E-state index is 13.6. The number of carbonyl (C=O) groups excluding carboxylic acids is 2. The standard InChI is InChI=1S/C29H40N2O6/c1-28(2)21-36-29(3,4)31(28)27(33)37-25(26(32)35-6)24(17-18-34-5)30(19-22-13-9-7-10-14-22)20-23-15-11-8-12-16-23/h7-16,24-25H,17-21H2,1-6H3/t24-,25+/m0/s1. The van der Waals surface area contributed by atoms with Gasteiger partial charge in [0.05, 0.1) is 25.3 Å². The van der Waals surface area contributed by atoms with E-state index in [0.29, 0.717) is 32.7 Å². The molecule has 8 heteroatoms. The number of esters is 1. The summed E-state index contributed by atoms with van der Waals surface area (Å²) >= 11 is 0. The van der Waals surface area contributed by atoms with Gasteiger partial charge in [0.25, 0.3) is 0 Å². The van der Waals surface area contributed by atoms with E-state index in [4.69, 9.17) is 18.9 Å². The number of benzene rings is 2. The van der Waals surface area contributed by atoms with Gasteiger partial charge in [-0.15, -0.1) is 0 Å². The van der Waals surface area contributed by atoms with Gasteiger partial charge in [-0.1, -0.05) is 60.7 Å². The van der Waals surface area contributed by atoms with Crippen molar-refractivity contribution in [2.75, 3.05) is 27.4 Å². The third-order valence-corrected chi connectivity index (χ3v) is 6.66. The van der Waals surface area contributed by atoms with Crippen molar-refractivity contribution in [1.29, 1.82) is 0 Å². The third-order valence-electron chi connectivity index (χ3n) is 6.66. The highest BCUT2D eigenvalue weighted by Gasteiger charge is 2.51. The fourth-order valence-electron chi connectivity index (χ4n) is 4.93. The number of ether oxygens (including phenoxy) is 4. The summed E-state index contributed by atoms with van der Waals surface area (Å²) in [6.07, 6.45) is -1.34. The summed E-state index contributed by atoms with van der Waals surface area (Å²) in [4.78, 5) is 30.5. The number of nitrogens with zero attached hydrogens (tertiary/aromatic N) is 2. The van der Waals surface area contributed by atoms with E-state index in [1.54, 1.807) is 12.0 Å². The monoisotopic (exact) mass is 512 g/mol. The summed E-state index contributed by atoms with van der Waals surface area (Å²) in [7, 11) is 2.92. The van der Waals surface area contributed by atoms with Crippen LogP contribution in [-0.4, -0.2) is 72.7 Å². The molecule has 2 aromatic carbocycles. The minimum absolute atomic E-state index is 0.360. The number of rotatable bonds is 11. The van der Waals surface area contributed by atoms with Crippen LogP contribution in [0.4, 0.5) is 4.79 Å². The summed E-state index contributed by atoms with van der Waals surface area (Å²) in [5.41, 5.74) is 0.672. The van der Waals surface area contributed by atoms with Crippen molar-refractivity contribution in [2.24, 2.45) is 0 Å². The SMILES string of the molecule is COCC[C@@H]([C@@H](OC(=O)N1C(C)(C)COC1(C)C)C(=O)OC)N(Cc1ccccc1)Cc1ccccc1. The molecule has 0 saturated carbocycles. The summed E-state index contributed by atoms with van der Waals surface area (Å²) in [6.45, 7) is 9.27. The van der Waals surface area contributed by atoms with Gasteiger partial charge in [0.2, 0.25) is 6.10 Å². The zero-order valence-corrected chi connectivity index (χ0v) is 22.8. The quantitative estimate of drug-likeness (QED) is 0.407. The van der Waals surface area contributed by atoms with E-state index in [2.05, 4.69) is 4.90 Å². The molecule has 2 aromatic rings. The average molecular weight is 513 g/mol. The molecule has 0 N–H and O–H groups in total.